The molecule has 0 spiro atoms. The monoisotopic (exact) mass is 379 g/mol. The van der Waals surface area contributed by atoms with Crippen molar-refractivity contribution in [3.63, 3.8) is 0 Å². The summed E-state index contributed by atoms with van der Waals surface area (Å²) in [4.78, 5) is 5.24. The lowest BCUT2D eigenvalue weighted by molar-refractivity contribution is 0.177. The Bertz CT molecular complexity index is 871. The molecule has 0 fully saturated rings. The molecule has 3 aliphatic rings. The summed E-state index contributed by atoms with van der Waals surface area (Å²) in [6.45, 7) is 3.10. The highest BCUT2D eigenvalue weighted by Gasteiger charge is 2.24. The molecule has 0 aromatic heterocycles. The summed E-state index contributed by atoms with van der Waals surface area (Å²) in [5.74, 6) is 2.28. The third-order valence-corrected chi connectivity index (χ3v) is 6.55. The summed E-state index contributed by atoms with van der Waals surface area (Å²) in [5, 5.41) is 18.1. The molecule has 3 heterocycles. The van der Waals surface area contributed by atoms with E-state index in [2.05, 4.69) is 23.1 Å². The summed E-state index contributed by atoms with van der Waals surface area (Å²) >= 11 is 3.87. The highest BCUT2D eigenvalue weighted by atomic mass is 32.2. The van der Waals surface area contributed by atoms with Crippen LogP contribution in [0.2, 0.25) is 0 Å². The van der Waals surface area contributed by atoms with E-state index < -0.39 is 0 Å². The van der Waals surface area contributed by atoms with Gasteiger partial charge in [0, 0.05) is 40.0 Å². The van der Waals surface area contributed by atoms with Gasteiger partial charge in [0.15, 0.2) is 0 Å². The number of rotatable bonds is 2. The van der Waals surface area contributed by atoms with Crippen LogP contribution in [0.5, 0.6) is 0 Å². The summed E-state index contributed by atoms with van der Waals surface area (Å²) in [7, 11) is 0. The number of hydrogen-bond acceptors (Lipinski definition) is 6. The lowest BCUT2D eigenvalue weighted by Gasteiger charge is -2.36. The minimum atomic E-state index is 0.127. The molecular weight excluding hydrogens is 362 g/mol. The number of nitriles is 2. The number of anilines is 1. The van der Waals surface area contributed by atoms with Crippen molar-refractivity contribution in [1.29, 1.82) is 10.5 Å². The Kier molecular flexibility index (Phi) is 5.08. The lowest BCUT2D eigenvalue weighted by Crippen LogP contribution is -2.34. The molecule has 0 N–H and O–H groups in total. The third-order valence-electron chi connectivity index (χ3n) is 4.54. The fourth-order valence-corrected chi connectivity index (χ4v) is 5.61. The van der Waals surface area contributed by atoms with Crippen molar-refractivity contribution in [3.8, 4) is 12.1 Å². The van der Waals surface area contributed by atoms with E-state index >= 15 is 0 Å². The van der Waals surface area contributed by atoms with Gasteiger partial charge in [-0.1, -0.05) is 12.2 Å². The predicted octanol–water partition coefficient (Wildman–Crippen LogP) is 4.02. The molecule has 130 valence electrons. The smallest absolute Gasteiger partial charge is 0.135 e. The second-order valence-corrected chi connectivity index (χ2v) is 8.49. The minimum Gasteiger partial charge on any atom is -0.372 e. The molecule has 26 heavy (non-hydrogen) atoms. The highest BCUT2D eigenvalue weighted by Crippen LogP contribution is 2.45. The molecule has 6 heteroatoms. The Balaban J connectivity index is 1.63. The van der Waals surface area contributed by atoms with Crippen molar-refractivity contribution in [2.24, 2.45) is 0 Å². The van der Waals surface area contributed by atoms with E-state index in [1.165, 1.54) is 21.0 Å². The Labute approximate surface area is 161 Å². The zero-order chi connectivity index (χ0) is 17.9. The summed E-state index contributed by atoms with van der Waals surface area (Å²) in [6, 6.07) is 8.39. The molecule has 0 amide bonds. The van der Waals surface area contributed by atoms with Crippen LogP contribution >= 0.6 is 23.5 Å². The maximum absolute atomic E-state index is 9.03. The van der Waals surface area contributed by atoms with Crippen LogP contribution < -0.4 is 4.90 Å². The topological polar surface area (TPSA) is 60.0 Å². The molecule has 1 aromatic rings. The highest BCUT2D eigenvalue weighted by molar-refractivity contribution is 8.00. The van der Waals surface area contributed by atoms with E-state index in [0.29, 0.717) is 18.8 Å². The first kappa shape index (κ1) is 17.3. The summed E-state index contributed by atoms with van der Waals surface area (Å²) in [6.07, 6.45) is 6.02. The van der Waals surface area contributed by atoms with Gasteiger partial charge in [-0.15, -0.1) is 23.5 Å². The van der Waals surface area contributed by atoms with Crippen LogP contribution in [0.15, 0.2) is 50.8 Å². The maximum Gasteiger partial charge on any atom is 0.135 e. The molecule has 0 saturated carbocycles. The van der Waals surface area contributed by atoms with E-state index in [1.807, 2.05) is 47.8 Å². The Morgan fingerprint density at radius 2 is 1.73 bits per heavy atom. The van der Waals surface area contributed by atoms with Crippen molar-refractivity contribution < 1.29 is 4.74 Å². The van der Waals surface area contributed by atoms with Crippen molar-refractivity contribution >= 4 is 35.3 Å². The van der Waals surface area contributed by atoms with E-state index in [4.69, 9.17) is 15.3 Å². The SMILES string of the molecule is N#CC(C#N)=C1C=C(/C=C/c2cc3c4c(c2)SCCN4CCS3)COC1. The van der Waals surface area contributed by atoms with Gasteiger partial charge in [-0.2, -0.15) is 10.5 Å². The van der Waals surface area contributed by atoms with Crippen LogP contribution in [-0.4, -0.2) is 37.8 Å². The Morgan fingerprint density at radius 1 is 1.04 bits per heavy atom. The van der Waals surface area contributed by atoms with Crippen LogP contribution in [0.1, 0.15) is 5.56 Å². The van der Waals surface area contributed by atoms with Crippen LogP contribution in [0.3, 0.4) is 0 Å². The normalized spacial score (nSPS) is 18.8. The standard InChI is InChI=1S/C20H17N3OS2/c21-10-17(11-22)16-7-15(12-24-13-16)2-1-14-8-18-20-19(9-14)26-6-4-23(20)3-5-25-18/h1-2,7-9H,3-6,12-13H2/b2-1+. The first-order valence-corrected chi connectivity index (χ1v) is 10.4. The van der Waals surface area contributed by atoms with Gasteiger partial charge in [-0.05, 0) is 29.3 Å². The number of ether oxygens (including phenoxy) is 1. The Morgan fingerprint density at radius 3 is 2.38 bits per heavy atom. The third kappa shape index (κ3) is 3.41. The second kappa shape index (κ2) is 7.63. The maximum atomic E-state index is 9.03. The summed E-state index contributed by atoms with van der Waals surface area (Å²) in [5.41, 5.74) is 4.35. The van der Waals surface area contributed by atoms with Crippen molar-refractivity contribution in [2.45, 2.75) is 9.79 Å². The average molecular weight is 380 g/mol. The second-order valence-electron chi connectivity index (χ2n) is 6.22. The van der Waals surface area contributed by atoms with E-state index in [1.54, 1.807) is 0 Å². The molecule has 4 rings (SSSR count). The molecule has 0 bridgehead atoms. The minimum absolute atomic E-state index is 0.127. The van der Waals surface area contributed by atoms with E-state index in [9.17, 15) is 0 Å². The quantitative estimate of drug-likeness (QED) is 0.724. The first-order valence-electron chi connectivity index (χ1n) is 8.47. The van der Waals surface area contributed by atoms with Crippen LogP contribution in [0.25, 0.3) is 6.08 Å². The number of thioether (sulfide) groups is 2. The molecule has 0 radical (unpaired) electrons. The van der Waals surface area contributed by atoms with Crippen molar-refractivity contribution in [2.75, 3.05) is 42.7 Å². The molecule has 3 aliphatic heterocycles. The molecule has 0 unspecified atom stereocenters. The molecule has 0 saturated heterocycles. The van der Waals surface area contributed by atoms with Gasteiger partial charge in [-0.25, -0.2) is 0 Å². The van der Waals surface area contributed by atoms with Crippen LogP contribution in [-0.2, 0) is 4.74 Å². The fourth-order valence-electron chi connectivity index (χ4n) is 3.30. The fraction of sp³-hybridized carbons (Fsp3) is 0.300. The van der Waals surface area contributed by atoms with Crippen LogP contribution in [0.4, 0.5) is 5.69 Å². The zero-order valence-corrected chi connectivity index (χ0v) is 15.8. The van der Waals surface area contributed by atoms with E-state index in [-0.39, 0.29) is 5.57 Å². The van der Waals surface area contributed by atoms with Gasteiger partial charge in [-0.3, -0.25) is 0 Å². The average Bonchev–Trinajstić information content (AvgIpc) is 2.68. The number of benzene rings is 1. The molecule has 1 aromatic carbocycles. The van der Waals surface area contributed by atoms with Gasteiger partial charge in [0.1, 0.15) is 17.7 Å². The largest absolute Gasteiger partial charge is 0.372 e. The summed E-state index contributed by atoms with van der Waals surface area (Å²) < 4.78 is 5.53. The van der Waals surface area contributed by atoms with Gasteiger partial charge in [0.25, 0.3) is 0 Å². The molecule has 4 nitrogen and oxygen atoms in total. The van der Waals surface area contributed by atoms with Gasteiger partial charge in [0.05, 0.1) is 18.9 Å². The zero-order valence-electron chi connectivity index (χ0n) is 14.2. The molecule has 0 atom stereocenters. The predicted molar refractivity (Wildman–Crippen MR) is 106 cm³/mol. The Hall–Kier alpha value is -2.12. The van der Waals surface area contributed by atoms with Crippen LogP contribution in [0, 0.1) is 22.7 Å². The first-order chi connectivity index (χ1) is 12.8. The van der Waals surface area contributed by atoms with Gasteiger partial charge >= 0.3 is 0 Å². The van der Waals surface area contributed by atoms with E-state index in [0.717, 1.165) is 30.2 Å². The van der Waals surface area contributed by atoms with Gasteiger partial charge in [0.2, 0.25) is 0 Å². The van der Waals surface area contributed by atoms with Crippen molar-refractivity contribution in [1.82, 2.24) is 0 Å². The lowest BCUT2D eigenvalue weighted by atomic mass is 10.0. The molecular formula is C20H17N3OS2. The number of hydrogen-bond donors (Lipinski definition) is 0. The number of allylic oxidation sites excluding steroid dienone is 1. The van der Waals surface area contributed by atoms with Crippen molar-refractivity contribution in [3.05, 3.63) is 46.6 Å². The van der Waals surface area contributed by atoms with Gasteiger partial charge < -0.3 is 9.64 Å². The number of nitrogens with zero attached hydrogens (tertiary/aromatic N) is 3. The molecule has 0 aliphatic carbocycles.